The van der Waals surface area contributed by atoms with Gasteiger partial charge in [0.1, 0.15) is 0 Å². The van der Waals surface area contributed by atoms with Crippen molar-refractivity contribution in [2.45, 2.75) is 13.1 Å². The van der Waals surface area contributed by atoms with Crippen molar-refractivity contribution in [1.82, 2.24) is 0 Å². The highest BCUT2D eigenvalue weighted by atomic mass is 19.4. The van der Waals surface area contributed by atoms with E-state index in [0.29, 0.717) is 5.56 Å². The molecule has 0 unspecified atom stereocenters. The van der Waals surface area contributed by atoms with Gasteiger partial charge in [0.05, 0.1) is 17.5 Å². The van der Waals surface area contributed by atoms with Crippen LogP contribution in [0.3, 0.4) is 0 Å². The minimum Gasteiger partial charge on any atom is -0.278 e. The highest BCUT2D eigenvalue weighted by Crippen LogP contribution is 2.28. The van der Waals surface area contributed by atoms with Crippen molar-refractivity contribution in [3.8, 4) is 0 Å². The number of hydrogen-bond acceptors (Lipinski definition) is 2. The van der Waals surface area contributed by atoms with E-state index in [4.69, 9.17) is 0 Å². The summed E-state index contributed by atoms with van der Waals surface area (Å²) < 4.78 is 37.2. The van der Waals surface area contributed by atoms with Gasteiger partial charge < -0.3 is 0 Å². The number of nitrogens with zero attached hydrogens (tertiary/aromatic N) is 1. The molecule has 0 atom stereocenters. The van der Waals surface area contributed by atoms with Gasteiger partial charge in [0.25, 0.3) is 0 Å². The zero-order valence-corrected chi connectivity index (χ0v) is 10.8. The molecule has 2 rings (SSSR count). The Morgan fingerprint density at radius 2 is 1.65 bits per heavy atom. The van der Waals surface area contributed by atoms with E-state index < -0.39 is 11.7 Å². The zero-order valence-electron chi connectivity index (χ0n) is 10.8. The van der Waals surface area contributed by atoms with Gasteiger partial charge in [0.15, 0.2) is 0 Å². The van der Waals surface area contributed by atoms with E-state index in [-0.39, 0.29) is 0 Å². The quantitative estimate of drug-likeness (QED) is 0.650. The van der Waals surface area contributed by atoms with Gasteiger partial charge in [-0.15, -0.1) is 0 Å². The van der Waals surface area contributed by atoms with Crippen molar-refractivity contribution in [2.75, 3.05) is 5.43 Å². The van der Waals surface area contributed by atoms with E-state index in [1.165, 1.54) is 18.3 Å². The molecule has 1 N–H and O–H groups in total. The van der Waals surface area contributed by atoms with Crippen LogP contribution in [-0.2, 0) is 6.18 Å². The summed E-state index contributed by atoms with van der Waals surface area (Å²) in [5, 5.41) is 4.01. The molecular weight excluding hydrogens is 265 g/mol. The Bertz CT molecular complexity index is 601. The smallest absolute Gasteiger partial charge is 0.278 e. The second-order valence-corrected chi connectivity index (χ2v) is 4.30. The lowest BCUT2D eigenvalue weighted by Gasteiger charge is -2.06. The standard InChI is InChI=1S/C15H13F3N2/c1-11-4-2-3-5-14(11)20-19-10-12-6-8-13(9-7-12)15(16,17)18/h2-10,20H,1H3/b19-10-. The van der Waals surface area contributed by atoms with Crippen LogP contribution >= 0.6 is 0 Å². The number of para-hydroxylation sites is 1. The number of nitrogens with one attached hydrogen (secondary N) is 1. The molecule has 0 fully saturated rings. The van der Waals surface area contributed by atoms with E-state index in [1.54, 1.807) is 0 Å². The van der Waals surface area contributed by atoms with Crippen LogP contribution in [0.15, 0.2) is 53.6 Å². The Labute approximate surface area is 114 Å². The fraction of sp³-hybridized carbons (Fsp3) is 0.133. The molecule has 5 heteroatoms. The molecule has 20 heavy (non-hydrogen) atoms. The van der Waals surface area contributed by atoms with Gasteiger partial charge in [-0.3, -0.25) is 5.43 Å². The fourth-order valence-corrected chi connectivity index (χ4v) is 1.63. The van der Waals surface area contributed by atoms with E-state index in [2.05, 4.69) is 10.5 Å². The van der Waals surface area contributed by atoms with Gasteiger partial charge in [0.2, 0.25) is 0 Å². The van der Waals surface area contributed by atoms with Crippen molar-refractivity contribution in [3.05, 3.63) is 65.2 Å². The topological polar surface area (TPSA) is 24.4 Å². The molecule has 2 aromatic rings. The maximum atomic E-state index is 12.4. The largest absolute Gasteiger partial charge is 0.416 e. The van der Waals surface area contributed by atoms with Crippen LogP contribution in [0.1, 0.15) is 16.7 Å². The molecular formula is C15H13F3N2. The maximum absolute atomic E-state index is 12.4. The van der Waals surface area contributed by atoms with Crippen LogP contribution in [0.4, 0.5) is 18.9 Å². The Morgan fingerprint density at radius 3 is 2.25 bits per heavy atom. The number of hydrogen-bond donors (Lipinski definition) is 1. The number of rotatable bonds is 3. The minimum atomic E-state index is -4.31. The van der Waals surface area contributed by atoms with Gasteiger partial charge in [-0.1, -0.05) is 30.3 Å². The summed E-state index contributed by atoms with van der Waals surface area (Å²) in [7, 11) is 0. The predicted molar refractivity (Wildman–Crippen MR) is 73.8 cm³/mol. The van der Waals surface area contributed by atoms with E-state index in [0.717, 1.165) is 23.4 Å². The zero-order chi connectivity index (χ0) is 14.6. The molecule has 104 valence electrons. The lowest BCUT2D eigenvalue weighted by Crippen LogP contribution is -2.04. The summed E-state index contributed by atoms with van der Waals surface area (Å²) in [4.78, 5) is 0. The normalized spacial score (nSPS) is 11.8. The molecule has 0 aromatic heterocycles. The third-order valence-electron chi connectivity index (χ3n) is 2.78. The average molecular weight is 278 g/mol. The van der Waals surface area contributed by atoms with Crippen molar-refractivity contribution >= 4 is 11.9 Å². The van der Waals surface area contributed by atoms with Crippen LogP contribution in [0.2, 0.25) is 0 Å². The summed E-state index contributed by atoms with van der Waals surface area (Å²) in [5.41, 5.74) is 4.68. The third kappa shape index (κ3) is 3.60. The van der Waals surface area contributed by atoms with Crippen molar-refractivity contribution in [3.63, 3.8) is 0 Å². The van der Waals surface area contributed by atoms with Crippen molar-refractivity contribution < 1.29 is 13.2 Å². The molecule has 0 saturated heterocycles. The second-order valence-electron chi connectivity index (χ2n) is 4.30. The first-order valence-corrected chi connectivity index (χ1v) is 5.99. The van der Waals surface area contributed by atoms with E-state index >= 15 is 0 Å². The van der Waals surface area contributed by atoms with Crippen LogP contribution in [0.5, 0.6) is 0 Å². The van der Waals surface area contributed by atoms with Crippen molar-refractivity contribution in [2.24, 2.45) is 5.10 Å². The van der Waals surface area contributed by atoms with E-state index in [9.17, 15) is 13.2 Å². The minimum absolute atomic E-state index is 0.596. The summed E-state index contributed by atoms with van der Waals surface area (Å²) in [6.45, 7) is 1.94. The van der Waals surface area contributed by atoms with E-state index in [1.807, 2.05) is 31.2 Å². The molecule has 0 spiro atoms. The van der Waals surface area contributed by atoms with Crippen LogP contribution in [0, 0.1) is 6.92 Å². The number of alkyl halides is 3. The predicted octanol–water partition coefficient (Wildman–Crippen LogP) is 4.46. The van der Waals surface area contributed by atoms with Crippen molar-refractivity contribution in [1.29, 1.82) is 0 Å². The monoisotopic (exact) mass is 278 g/mol. The number of halogens is 3. The first-order chi connectivity index (χ1) is 9.47. The maximum Gasteiger partial charge on any atom is 0.416 e. The summed E-state index contributed by atoms with van der Waals surface area (Å²) in [5.74, 6) is 0. The molecule has 0 heterocycles. The Kier molecular flexibility index (Phi) is 4.08. The van der Waals surface area contributed by atoms with Crippen LogP contribution in [0.25, 0.3) is 0 Å². The number of anilines is 1. The molecule has 0 bridgehead atoms. The van der Waals surface area contributed by atoms with Gasteiger partial charge in [-0.05, 0) is 36.2 Å². The molecule has 0 radical (unpaired) electrons. The average Bonchev–Trinajstić information content (AvgIpc) is 2.40. The Morgan fingerprint density at radius 1 is 1.00 bits per heavy atom. The molecule has 0 saturated carbocycles. The highest BCUT2D eigenvalue weighted by Gasteiger charge is 2.29. The summed E-state index contributed by atoms with van der Waals surface area (Å²) in [6.07, 6.45) is -2.83. The third-order valence-corrected chi connectivity index (χ3v) is 2.78. The van der Waals surface area contributed by atoms with Gasteiger partial charge in [-0.25, -0.2) is 0 Å². The lowest BCUT2D eigenvalue weighted by atomic mass is 10.1. The Balaban J connectivity index is 2.04. The van der Waals surface area contributed by atoms with Gasteiger partial charge in [-0.2, -0.15) is 18.3 Å². The molecule has 2 aromatic carbocycles. The SMILES string of the molecule is Cc1ccccc1N/N=C\c1ccc(C(F)(F)F)cc1. The number of aryl methyl sites for hydroxylation is 1. The fourth-order valence-electron chi connectivity index (χ4n) is 1.63. The molecule has 0 amide bonds. The van der Waals surface area contributed by atoms with Crippen LogP contribution in [-0.4, -0.2) is 6.21 Å². The summed E-state index contributed by atoms with van der Waals surface area (Å²) >= 11 is 0. The lowest BCUT2D eigenvalue weighted by molar-refractivity contribution is -0.137. The highest BCUT2D eigenvalue weighted by molar-refractivity contribution is 5.80. The second kappa shape index (κ2) is 5.77. The molecule has 0 aliphatic rings. The number of benzene rings is 2. The Hall–Kier alpha value is -2.30. The first-order valence-electron chi connectivity index (χ1n) is 5.99. The van der Waals surface area contributed by atoms with Gasteiger partial charge >= 0.3 is 6.18 Å². The number of hydrazone groups is 1. The molecule has 0 aliphatic heterocycles. The first kappa shape index (κ1) is 14.1. The molecule has 0 aliphatic carbocycles. The summed E-state index contributed by atoms with van der Waals surface area (Å²) in [6, 6.07) is 12.4. The molecule has 2 nitrogen and oxygen atoms in total. The van der Waals surface area contributed by atoms with Gasteiger partial charge in [0, 0.05) is 0 Å². The van der Waals surface area contributed by atoms with Crippen LogP contribution < -0.4 is 5.43 Å².